The smallest absolute Gasteiger partial charge is 0.254 e. The van der Waals surface area contributed by atoms with Crippen LogP contribution in [0.1, 0.15) is 44.7 Å². The Hall–Kier alpha value is -4.73. The van der Waals surface area contributed by atoms with Crippen LogP contribution >= 0.6 is 0 Å². The number of sulfonamides is 1. The molecule has 13 nitrogen and oxygen atoms in total. The van der Waals surface area contributed by atoms with Crippen LogP contribution in [0.3, 0.4) is 0 Å². The molecular formula is C43H55N7O6S. The second-order valence-electron chi connectivity index (χ2n) is 15.1. The maximum absolute atomic E-state index is 14.9. The normalized spacial score (nSPS) is 15.6. The summed E-state index contributed by atoms with van der Waals surface area (Å²) < 4.78 is 38.4. The van der Waals surface area contributed by atoms with Crippen molar-refractivity contribution < 1.29 is 27.5 Å². The molecule has 0 aliphatic carbocycles. The molecule has 2 aliphatic heterocycles. The number of benzene rings is 3. The lowest BCUT2D eigenvalue weighted by molar-refractivity contribution is 0.0356. The van der Waals surface area contributed by atoms with E-state index in [1.54, 1.807) is 12.1 Å². The quantitative estimate of drug-likeness (QED) is 0.115. The molecule has 14 heteroatoms. The molecule has 0 bridgehead atoms. The Morgan fingerprint density at radius 2 is 1.14 bits per heavy atom. The monoisotopic (exact) mass is 797 g/mol. The summed E-state index contributed by atoms with van der Waals surface area (Å²) in [5.41, 5.74) is 4.97. The zero-order valence-electron chi connectivity index (χ0n) is 32.9. The third-order valence-corrected chi connectivity index (χ3v) is 11.6. The molecule has 7 rings (SSSR count). The fourth-order valence-corrected chi connectivity index (χ4v) is 8.52. The third kappa shape index (κ3) is 10.8. The molecule has 5 aromatic rings. The minimum absolute atomic E-state index is 0.184. The number of aromatic amines is 2. The molecule has 304 valence electrons. The van der Waals surface area contributed by atoms with Gasteiger partial charge in [-0.25, -0.2) is 8.42 Å². The Morgan fingerprint density at radius 3 is 1.63 bits per heavy atom. The van der Waals surface area contributed by atoms with Crippen LogP contribution in [-0.4, -0.2) is 148 Å². The van der Waals surface area contributed by atoms with Crippen LogP contribution in [0.2, 0.25) is 0 Å². The minimum atomic E-state index is -3.66. The van der Waals surface area contributed by atoms with E-state index in [1.807, 2.05) is 58.6 Å². The van der Waals surface area contributed by atoms with E-state index >= 15 is 0 Å². The molecule has 2 fully saturated rings. The van der Waals surface area contributed by atoms with Crippen molar-refractivity contribution in [2.24, 2.45) is 0 Å². The van der Waals surface area contributed by atoms with Gasteiger partial charge in [-0.05, 0) is 67.1 Å². The van der Waals surface area contributed by atoms with Crippen LogP contribution in [0.15, 0.2) is 79.1 Å². The Labute approximate surface area is 335 Å². The van der Waals surface area contributed by atoms with Crippen molar-refractivity contribution in [1.29, 1.82) is 0 Å². The number of anilines is 1. The van der Waals surface area contributed by atoms with Gasteiger partial charge in [0, 0.05) is 105 Å². The maximum Gasteiger partial charge on any atom is 0.254 e. The molecule has 2 aromatic heterocycles. The first-order valence-electron chi connectivity index (χ1n) is 20.1. The lowest BCUT2D eigenvalue weighted by atomic mass is 10.0. The van der Waals surface area contributed by atoms with Crippen molar-refractivity contribution in [2.75, 3.05) is 103 Å². The summed E-state index contributed by atoms with van der Waals surface area (Å²) in [6.07, 6.45) is 7.81. The highest BCUT2D eigenvalue weighted by atomic mass is 32.2. The fourth-order valence-electron chi connectivity index (χ4n) is 7.96. The third-order valence-electron chi connectivity index (χ3n) is 11.0. The van der Waals surface area contributed by atoms with E-state index in [2.05, 4.69) is 36.6 Å². The van der Waals surface area contributed by atoms with Crippen LogP contribution in [0, 0.1) is 0 Å². The van der Waals surface area contributed by atoms with Gasteiger partial charge in [-0.15, -0.1) is 0 Å². The number of rotatable bonds is 18. The summed E-state index contributed by atoms with van der Waals surface area (Å²) in [6, 6.07) is 21.0. The van der Waals surface area contributed by atoms with E-state index in [0.29, 0.717) is 65.4 Å². The molecular weight excluding hydrogens is 743 g/mol. The van der Waals surface area contributed by atoms with E-state index in [9.17, 15) is 18.0 Å². The Kier molecular flexibility index (Phi) is 13.6. The van der Waals surface area contributed by atoms with Gasteiger partial charge in [0.1, 0.15) is 0 Å². The van der Waals surface area contributed by atoms with Crippen molar-refractivity contribution in [2.45, 2.75) is 25.7 Å². The number of amides is 2. The van der Waals surface area contributed by atoms with Gasteiger partial charge in [-0.1, -0.05) is 36.4 Å². The van der Waals surface area contributed by atoms with Crippen molar-refractivity contribution in [3.05, 3.63) is 101 Å². The number of carbonyl (C=O) groups is 2. The lowest BCUT2D eigenvalue weighted by Gasteiger charge is -2.30. The summed E-state index contributed by atoms with van der Waals surface area (Å²) in [4.78, 5) is 44.9. The summed E-state index contributed by atoms with van der Waals surface area (Å²) >= 11 is 0. The van der Waals surface area contributed by atoms with Crippen molar-refractivity contribution in [3.63, 3.8) is 0 Å². The van der Waals surface area contributed by atoms with Crippen molar-refractivity contribution in [3.8, 4) is 0 Å². The number of fused-ring (bicyclic) bond motifs is 2. The fraction of sp³-hybridized carbons (Fsp3) is 0.442. The number of aromatic nitrogens is 2. The SMILES string of the molecule is CS(=O)(=O)Nc1ccc(C(=O)N(CCCN2CCOCC2)CCc2c[nH]c3ccccc23)c(C(=O)N(CCCN2CCOCC2)CCc2c[nH]c3ccccc23)c1. The van der Waals surface area contributed by atoms with E-state index in [4.69, 9.17) is 9.47 Å². The van der Waals surface area contributed by atoms with Crippen LogP contribution < -0.4 is 4.72 Å². The molecule has 2 aliphatic rings. The van der Waals surface area contributed by atoms with Crippen LogP contribution in [-0.2, 0) is 32.3 Å². The second kappa shape index (κ2) is 19.1. The van der Waals surface area contributed by atoms with Crippen LogP contribution in [0.5, 0.6) is 0 Å². The highest BCUT2D eigenvalue weighted by molar-refractivity contribution is 7.92. The topological polar surface area (TPSA) is 143 Å². The lowest BCUT2D eigenvalue weighted by Crippen LogP contribution is -2.41. The van der Waals surface area contributed by atoms with Gasteiger partial charge < -0.3 is 29.2 Å². The number of H-pyrrole nitrogens is 2. The number of carbonyl (C=O) groups excluding carboxylic acids is 2. The van der Waals surface area contributed by atoms with Gasteiger partial charge >= 0.3 is 0 Å². The number of morpholine rings is 2. The van der Waals surface area contributed by atoms with Gasteiger partial charge in [0.15, 0.2) is 0 Å². The largest absolute Gasteiger partial charge is 0.379 e. The molecule has 0 unspecified atom stereocenters. The van der Waals surface area contributed by atoms with Gasteiger partial charge in [0.2, 0.25) is 10.0 Å². The molecule has 3 aromatic carbocycles. The zero-order chi connectivity index (χ0) is 39.6. The highest BCUT2D eigenvalue weighted by Crippen LogP contribution is 2.24. The first-order chi connectivity index (χ1) is 27.7. The summed E-state index contributed by atoms with van der Waals surface area (Å²) in [6.45, 7) is 9.68. The number of ether oxygens (including phenoxy) is 2. The van der Waals surface area contributed by atoms with E-state index < -0.39 is 10.0 Å². The average molecular weight is 798 g/mol. The van der Waals surface area contributed by atoms with Gasteiger partial charge in [0.25, 0.3) is 11.8 Å². The predicted octanol–water partition coefficient (Wildman–Crippen LogP) is 4.84. The predicted molar refractivity (Wildman–Crippen MR) is 224 cm³/mol. The molecule has 2 amide bonds. The van der Waals surface area contributed by atoms with Gasteiger partial charge in [0.05, 0.1) is 43.8 Å². The molecule has 2 saturated heterocycles. The van der Waals surface area contributed by atoms with Gasteiger partial charge in [-0.3, -0.25) is 24.1 Å². The Morgan fingerprint density at radius 1 is 0.667 bits per heavy atom. The molecule has 3 N–H and O–H groups in total. The molecule has 57 heavy (non-hydrogen) atoms. The molecule has 0 spiro atoms. The van der Waals surface area contributed by atoms with Crippen molar-refractivity contribution >= 4 is 49.3 Å². The first kappa shape index (κ1) is 40.5. The van der Waals surface area contributed by atoms with Crippen molar-refractivity contribution in [1.82, 2.24) is 29.6 Å². The standard InChI is InChI=1S/C43H55N7O6S/c1-57(53,54)46-35-12-13-38(42(51)49(18-6-16-47-22-26-55-27-23-47)20-14-33-31-44-40-10-4-2-8-36(33)40)39(30-35)43(52)50(19-7-17-48-24-28-56-29-25-48)21-15-34-32-45-41-11-5-3-9-37(34)41/h2-5,8-13,30-32,44-46H,6-7,14-29H2,1H3. The maximum atomic E-state index is 14.9. The zero-order valence-corrected chi connectivity index (χ0v) is 33.7. The molecule has 0 atom stereocenters. The number of nitrogens with zero attached hydrogens (tertiary/aromatic N) is 4. The number of para-hydroxylation sites is 2. The van der Waals surface area contributed by atoms with Gasteiger partial charge in [-0.2, -0.15) is 0 Å². The first-order valence-corrected chi connectivity index (χ1v) is 22.0. The average Bonchev–Trinajstić information content (AvgIpc) is 3.84. The summed E-state index contributed by atoms with van der Waals surface area (Å²) in [5.74, 6) is -0.557. The van der Waals surface area contributed by atoms with E-state index in [0.717, 1.165) is 91.3 Å². The summed E-state index contributed by atoms with van der Waals surface area (Å²) in [5, 5.41) is 2.23. The summed E-state index contributed by atoms with van der Waals surface area (Å²) in [7, 11) is -3.66. The van der Waals surface area contributed by atoms with E-state index in [-0.39, 0.29) is 28.6 Å². The number of hydrogen-bond acceptors (Lipinski definition) is 8. The number of hydrogen-bond donors (Lipinski definition) is 3. The number of nitrogens with one attached hydrogen (secondary N) is 3. The van der Waals surface area contributed by atoms with Crippen LogP contribution in [0.25, 0.3) is 21.8 Å². The molecule has 4 heterocycles. The second-order valence-corrected chi connectivity index (χ2v) is 16.8. The minimum Gasteiger partial charge on any atom is -0.379 e. The Bertz CT molecular complexity index is 2220. The van der Waals surface area contributed by atoms with Crippen LogP contribution in [0.4, 0.5) is 5.69 Å². The van der Waals surface area contributed by atoms with E-state index in [1.165, 1.54) is 6.07 Å². The highest BCUT2D eigenvalue weighted by Gasteiger charge is 2.27. The Balaban J connectivity index is 1.17. The molecule has 0 radical (unpaired) electrons. The molecule has 0 saturated carbocycles.